The lowest BCUT2D eigenvalue weighted by molar-refractivity contribution is 0.0920. The Morgan fingerprint density at radius 3 is 2.46 bits per heavy atom. The van der Waals surface area contributed by atoms with Crippen LogP contribution in [0.15, 0.2) is 30.5 Å². The van der Waals surface area contributed by atoms with Crippen LogP contribution >= 0.6 is 46.4 Å². The summed E-state index contributed by atoms with van der Waals surface area (Å²) in [5, 5.41) is 3.95. The van der Waals surface area contributed by atoms with E-state index in [0.29, 0.717) is 27.2 Å². The number of rotatable bonds is 6. The van der Waals surface area contributed by atoms with Crippen molar-refractivity contribution >= 4 is 52.3 Å². The summed E-state index contributed by atoms with van der Waals surface area (Å²) in [5.74, 6) is 0.112. The van der Waals surface area contributed by atoms with E-state index in [1.54, 1.807) is 24.3 Å². The van der Waals surface area contributed by atoms with Crippen LogP contribution in [0, 0.1) is 0 Å². The molecule has 1 N–H and O–H groups in total. The van der Waals surface area contributed by atoms with Crippen molar-refractivity contribution < 1.29 is 9.53 Å². The molecule has 0 aliphatic rings. The molecule has 0 radical (unpaired) electrons. The molecule has 0 aliphatic carbocycles. The molecular weight excluding hydrogens is 394 g/mol. The molecule has 2 aromatic rings. The van der Waals surface area contributed by atoms with E-state index in [2.05, 4.69) is 10.3 Å². The van der Waals surface area contributed by atoms with E-state index in [1.165, 1.54) is 6.20 Å². The van der Waals surface area contributed by atoms with Crippen LogP contribution in [0.3, 0.4) is 0 Å². The normalized spacial score (nSPS) is 11.9. The lowest BCUT2D eigenvalue weighted by Gasteiger charge is -2.18. The number of halogens is 4. The Bertz CT molecular complexity index is 720. The second-order valence-electron chi connectivity index (χ2n) is 4.93. The number of hydrogen-bond acceptors (Lipinski definition) is 3. The standard InChI is InChI=1S/C16H14Cl4N2O2/c1-2-9(8-24-10-6-13(19)15(20)21-7-10)22-16(23)14-11(17)4-3-5-12(14)18/h3-7,9H,2,8H2,1H3,(H,22,23). The van der Waals surface area contributed by atoms with Crippen molar-refractivity contribution in [2.24, 2.45) is 0 Å². The van der Waals surface area contributed by atoms with Gasteiger partial charge in [0.15, 0.2) is 0 Å². The molecule has 128 valence electrons. The van der Waals surface area contributed by atoms with Crippen LogP contribution in [0.4, 0.5) is 0 Å². The number of carbonyl (C=O) groups excluding carboxylic acids is 1. The molecule has 8 heteroatoms. The largest absolute Gasteiger partial charge is 0.490 e. The van der Waals surface area contributed by atoms with Crippen molar-refractivity contribution in [2.45, 2.75) is 19.4 Å². The Morgan fingerprint density at radius 1 is 1.21 bits per heavy atom. The van der Waals surface area contributed by atoms with Gasteiger partial charge in [-0.3, -0.25) is 4.79 Å². The Hall–Kier alpha value is -1.20. The molecule has 0 saturated heterocycles. The first kappa shape index (κ1) is 19.1. The molecule has 1 heterocycles. The smallest absolute Gasteiger partial charge is 0.254 e. The van der Waals surface area contributed by atoms with Crippen molar-refractivity contribution in [3.63, 3.8) is 0 Å². The van der Waals surface area contributed by atoms with Gasteiger partial charge >= 0.3 is 0 Å². The molecular formula is C16H14Cl4N2O2. The quantitative estimate of drug-likeness (QED) is 0.662. The van der Waals surface area contributed by atoms with E-state index >= 15 is 0 Å². The third-order valence-electron chi connectivity index (χ3n) is 3.24. The molecule has 0 spiro atoms. The first-order chi connectivity index (χ1) is 11.4. The van der Waals surface area contributed by atoms with Gasteiger partial charge in [0.25, 0.3) is 5.91 Å². The molecule has 0 saturated carbocycles. The first-order valence-electron chi connectivity index (χ1n) is 7.11. The lowest BCUT2D eigenvalue weighted by Crippen LogP contribution is -2.38. The SMILES string of the molecule is CCC(COc1cnc(Cl)c(Cl)c1)NC(=O)c1c(Cl)cccc1Cl. The van der Waals surface area contributed by atoms with E-state index in [9.17, 15) is 4.79 Å². The first-order valence-corrected chi connectivity index (χ1v) is 8.62. The number of nitrogens with zero attached hydrogens (tertiary/aromatic N) is 1. The fraction of sp³-hybridized carbons (Fsp3) is 0.250. The highest BCUT2D eigenvalue weighted by Crippen LogP contribution is 2.25. The van der Waals surface area contributed by atoms with Crippen LogP contribution < -0.4 is 10.1 Å². The van der Waals surface area contributed by atoms with E-state index in [1.807, 2.05) is 6.92 Å². The van der Waals surface area contributed by atoms with Gasteiger partial charge in [0.2, 0.25) is 0 Å². The number of amides is 1. The second kappa shape index (κ2) is 8.77. The maximum atomic E-state index is 12.4. The van der Waals surface area contributed by atoms with Gasteiger partial charge in [-0.05, 0) is 18.6 Å². The van der Waals surface area contributed by atoms with Crippen LogP contribution in [0.1, 0.15) is 23.7 Å². The predicted molar refractivity (Wildman–Crippen MR) is 97.8 cm³/mol. The summed E-state index contributed by atoms with van der Waals surface area (Å²) in [6.45, 7) is 2.17. The number of aromatic nitrogens is 1. The highest BCUT2D eigenvalue weighted by molar-refractivity contribution is 6.41. The minimum atomic E-state index is -0.353. The maximum absolute atomic E-state index is 12.4. The van der Waals surface area contributed by atoms with Crippen LogP contribution in [0.25, 0.3) is 0 Å². The van der Waals surface area contributed by atoms with Crippen molar-refractivity contribution in [2.75, 3.05) is 6.61 Å². The van der Waals surface area contributed by atoms with Gasteiger partial charge in [-0.1, -0.05) is 59.4 Å². The van der Waals surface area contributed by atoms with Gasteiger partial charge in [0.1, 0.15) is 17.5 Å². The number of hydrogen-bond donors (Lipinski definition) is 1. The third kappa shape index (κ3) is 4.90. The monoisotopic (exact) mass is 406 g/mol. The van der Waals surface area contributed by atoms with Crippen molar-refractivity contribution in [3.05, 3.63) is 56.2 Å². The van der Waals surface area contributed by atoms with Gasteiger partial charge in [-0.2, -0.15) is 0 Å². The molecule has 1 unspecified atom stereocenters. The van der Waals surface area contributed by atoms with Gasteiger partial charge in [0.05, 0.1) is 32.9 Å². The summed E-state index contributed by atoms with van der Waals surface area (Å²) in [6, 6.07) is 6.23. The summed E-state index contributed by atoms with van der Waals surface area (Å²) in [6.07, 6.45) is 2.12. The summed E-state index contributed by atoms with van der Waals surface area (Å²) in [4.78, 5) is 16.3. The van der Waals surface area contributed by atoms with Gasteiger partial charge in [-0.15, -0.1) is 0 Å². The summed E-state index contributed by atoms with van der Waals surface area (Å²) < 4.78 is 5.61. The highest BCUT2D eigenvalue weighted by atomic mass is 35.5. The minimum Gasteiger partial charge on any atom is -0.490 e. The predicted octanol–water partition coefficient (Wildman–Crippen LogP) is 5.28. The molecule has 1 aromatic carbocycles. The molecule has 2 rings (SSSR count). The van der Waals surface area contributed by atoms with Gasteiger partial charge < -0.3 is 10.1 Å². The Labute approximate surface area is 160 Å². The van der Waals surface area contributed by atoms with Crippen molar-refractivity contribution in [1.82, 2.24) is 10.3 Å². The summed E-state index contributed by atoms with van der Waals surface area (Å²) in [7, 11) is 0. The van der Waals surface area contributed by atoms with E-state index in [4.69, 9.17) is 51.1 Å². The fourth-order valence-corrected chi connectivity index (χ4v) is 2.74. The number of benzene rings is 1. The Balaban J connectivity index is 2.01. The number of ether oxygens (including phenoxy) is 1. The molecule has 1 amide bonds. The Morgan fingerprint density at radius 2 is 1.88 bits per heavy atom. The van der Waals surface area contributed by atoms with Gasteiger partial charge in [-0.25, -0.2) is 4.98 Å². The highest BCUT2D eigenvalue weighted by Gasteiger charge is 2.18. The topological polar surface area (TPSA) is 51.2 Å². The minimum absolute atomic E-state index is 0.206. The number of carbonyl (C=O) groups is 1. The van der Waals surface area contributed by atoms with Crippen molar-refractivity contribution in [3.8, 4) is 5.75 Å². The molecule has 1 atom stereocenters. The van der Waals surface area contributed by atoms with Crippen LogP contribution in [0.5, 0.6) is 5.75 Å². The Kier molecular flexibility index (Phi) is 6.99. The molecule has 0 bridgehead atoms. The number of nitrogens with one attached hydrogen (secondary N) is 1. The van der Waals surface area contributed by atoms with Gasteiger partial charge in [0, 0.05) is 6.07 Å². The summed E-state index contributed by atoms with van der Waals surface area (Å²) >= 11 is 23.7. The molecule has 1 aromatic heterocycles. The zero-order chi connectivity index (χ0) is 17.7. The zero-order valence-corrected chi connectivity index (χ0v) is 15.7. The van der Waals surface area contributed by atoms with Crippen molar-refractivity contribution in [1.29, 1.82) is 0 Å². The lowest BCUT2D eigenvalue weighted by atomic mass is 10.1. The number of pyridine rings is 1. The van der Waals surface area contributed by atoms with Crippen LogP contribution in [-0.4, -0.2) is 23.5 Å². The second-order valence-corrected chi connectivity index (χ2v) is 6.51. The fourth-order valence-electron chi connectivity index (χ4n) is 1.91. The van der Waals surface area contributed by atoms with Crippen LogP contribution in [0.2, 0.25) is 20.2 Å². The summed E-state index contributed by atoms with van der Waals surface area (Å²) in [5.41, 5.74) is 0.246. The average molecular weight is 408 g/mol. The molecule has 0 fully saturated rings. The van der Waals surface area contributed by atoms with E-state index in [-0.39, 0.29) is 29.3 Å². The molecule has 24 heavy (non-hydrogen) atoms. The zero-order valence-electron chi connectivity index (χ0n) is 12.7. The average Bonchev–Trinajstić information content (AvgIpc) is 2.54. The third-order valence-corrected chi connectivity index (χ3v) is 4.56. The molecule has 0 aliphatic heterocycles. The van der Waals surface area contributed by atoms with E-state index < -0.39 is 0 Å². The molecule has 4 nitrogen and oxygen atoms in total. The van der Waals surface area contributed by atoms with E-state index in [0.717, 1.165) is 0 Å². The maximum Gasteiger partial charge on any atom is 0.254 e. The van der Waals surface area contributed by atoms with Crippen LogP contribution in [-0.2, 0) is 0 Å².